The number of thiophene rings is 1. The molecule has 5 nitrogen and oxygen atoms in total. The van der Waals surface area contributed by atoms with Crippen LogP contribution in [0.3, 0.4) is 0 Å². The van der Waals surface area contributed by atoms with Gasteiger partial charge in [-0.1, -0.05) is 35.3 Å². The molecular weight excluding hydrogens is 341 g/mol. The second-order valence-electron chi connectivity index (χ2n) is 3.90. The largest absolute Gasteiger partial charge is 0.323 e. The second kappa shape index (κ2) is 4.92. The Morgan fingerprint density at radius 2 is 2.00 bits per heavy atom. The zero-order valence-electron chi connectivity index (χ0n) is 9.72. The maximum absolute atomic E-state index is 12.2. The SMILES string of the molecule is O=S(=O)(Nc1nc2ccccc2[nH]1)c1cc(Cl)sc1Cl. The summed E-state index contributed by atoms with van der Waals surface area (Å²) >= 11 is 12.6. The number of halogens is 2. The van der Waals surface area contributed by atoms with Crippen molar-refractivity contribution in [2.75, 3.05) is 4.72 Å². The Bertz CT molecular complexity index is 853. The molecule has 0 aliphatic carbocycles. The van der Waals surface area contributed by atoms with Crippen molar-refractivity contribution in [3.8, 4) is 0 Å². The lowest BCUT2D eigenvalue weighted by atomic mass is 10.3. The number of fused-ring (bicyclic) bond motifs is 1. The molecule has 2 N–H and O–H groups in total. The molecule has 3 aromatic rings. The minimum atomic E-state index is -3.82. The van der Waals surface area contributed by atoms with E-state index in [0.717, 1.165) is 16.9 Å². The van der Waals surface area contributed by atoms with Crippen molar-refractivity contribution in [3.63, 3.8) is 0 Å². The summed E-state index contributed by atoms with van der Waals surface area (Å²) in [6, 6.07) is 8.53. The summed E-state index contributed by atoms with van der Waals surface area (Å²) < 4.78 is 27.2. The van der Waals surface area contributed by atoms with E-state index in [9.17, 15) is 8.42 Å². The fraction of sp³-hybridized carbons (Fsp3) is 0. The highest BCUT2D eigenvalue weighted by atomic mass is 35.5. The monoisotopic (exact) mass is 347 g/mol. The number of anilines is 1. The van der Waals surface area contributed by atoms with Crippen LogP contribution < -0.4 is 4.72 Å². The minimum absolute atomic E-state index is 0.0605. The predicted octanol–water partition coefficient (Wildman–Crippen LogP) is 3.73. The predicted molar refractivity (Wildman–Crippen MR) is 81.2 cm³/mol. The summed E-state index contributed by atoms with van der Waals surface area (Å²) in [5.74, 6) is 0.129. The average Bonchev–Trinajstić information content (AvgIpc) is 2.91. The van der Waals surface area contributed by atoms with Crippen molar-refractivity contribution >= 4 is 61.5 Å². The van der Waals surface area contributed by atoms with Gasteiger partial charge in [-0.2, -0.15) is 0 Å². The van der Waals surface area contributed by atoms with Crippen molar-refractivity contribution in [3.05, 3.63) is 39.0 Å². The summed E-state index contributed by atoms with van der Waals surface area (Å²) in [5.41, 5.74) is 1.40. The number of para-hydroxylation sites is 2. The number of aromatic nitrogens is 2. The lowest BCUT2D eigenvalue weighted by Crippen LogP contribution is -2.13. The summed E-state index contributed by atoms with van der Waals surface area (Å²) in [6.45, 7) is 0. The van der Waals surface area contributed by atoms with Gasteiger partial charge in [-0.05, 0) is 18.2 Å². The summed E-state index contributed by atoms with van der Waals surface area (Å²) in [7, 11) is -3.82. The zero-order valence-corrected chi connectivity index (χ0v) is 12.9. The first-order valence-corrected chi connectivity index (χ1v) is 8.44. The van der Waals surface area contributed by atoms with E-state index >= 15 is 0 Å². The van der Waals surface area contributed by atoms with Crippen LogP contribution in [-0.2, 0) is 10.0 Å². The first kappa shape index (κ1) is 13.7. The fourth-order valence-corrected chi connectivity index (χ4v) is 4.81. The molecule has 0 saturated heterocycles. The fourth-order valence-electron chi connectivity index (χ4n) is 1.69. The van der Waals surface area contributed by atoms with E-state index in [1.807, 2.05) is 12.1 Å². The molecule has 0 unspecified atom stereocenters. The van der Waals surface area contributed by atoms with E-state index in [1.165, 1.54) is 6.07 Å². The quantitative estimate of drug-likeness (QED) is 0.757. The van der Waals surface area contributed by atoms with Crippen molar-refractivity contribution in [2.45, 2.75) is 4.90 Å². The number of rotatable bonds is 3. The summed E-state index contributed by atoms with van der Waals surface area (Å²) in [5, 5.41) is 0. The normalized spacial score (nSPS) is 11.9. The van der Waals surface area contributed by atoms with Gasteiger partial charge in [0.1, 0.15) is 9.23 Å². The molecule has 0 radical (unpaired) electrons. The molecule has 0 aliphatic rings. The first-order chi connectivity index (χ1) is 9.45. The van der Waals surface area contributed by atoms with Crippen molar-refractivity contribution in [1.29, 1.82) is 0 Å². The number of nitrogens with zero attached hydrogens (tertiary/aromatic N) is 1. The number of H-pyrrole nitrogens is 1. The third-order valence-electron chi connectivity index (χ3n) is 2.54. The van der Waals surface area contributed by atoms with Gasteiger partial charge in [-0.25, -0.2) is 18.1 Å². The molecule has 0 atom stereocenters. The molecule has 0 bridgehead atoms. The number of hydrogen-bond acceptors (Lipinski definition) is 4. The molecule has 3 rings (SSSR count). The highest BCUT2D eigenvalue weighted by Gasteiger charge is 2.22. The number of imidazole rings is 1. The molecule has 2 aromatic heterocycles. The second-order valence-corrected chi connectivity index (χ2v) is 7.83. The van der Waals surface area contributed by atoms with Crippen LogP contribution in [-0.4, -0.2) is 18.4 Å². The van der Waals surface area contributed by atoms with Gasteiger partial charge in [0.05, 0.1) is 15.4 Å². The lowest BCUT2D eigenvalue weighted by molar-refractivity contribution is 0.601. The summed E-state index contributed by atoms with van der Waals surface area (Å²) in [6.07, 6.45) is 0. The Hall–Kier alpha value is -1.28. The topological polar surface area (TPSA) is 74.8 Å². The van der Waals surface area contributed by atoms with Crippen LogP contribution in [0.25, 0.3) is 11.0 Å². The third kappa shape index (κ3) is 2.49. The Balaban J connectivity index is 1.99. The third-order valence-corrected chi connectivity index (χ3v) is 5.63. The molecular formula is C11H7Cl2N3O2S2. The number of hydrogen-bond donors (Lipinski definition) is 2. The van der Waals surface area contributed by atoms with Gasteiger partial charge in [-0.3, -0.25) is 0 Å². The molecule has 1 aromatic carbocycles. The van der Waals surface area contributed by atoms with E-state index in [4.69, 9.17) is 23.2 Å². The molecule has 0 aliphatic heterocycles. The van der Waals surface area contributed by atoms with E-state index in [1.54, 1.807) is 12.1 Å². The lowest BCUT2D eigenvalue weighted by Gasteiger charge is -2.03. The van der Waals surface area contributed by atoms with Gasteiger partial charge in [0, 0.05) is 0 Å². The van der Waals surface area contributed by atoms with Gasteiger partial charge in [0.25, 0.3) is 10.0 Å². The average molecular weight is 348 g/mol. The smallest absolute Gasteiger partial charge is 0.266 e. The van der Waals surface area contributed by atoms with Gasteiger partial charge in [-0.15, -0.1) is 11.3 Å². The van der Waals surface area contributed by atoms with Gasteiger partial charge in [0.2, 0.25) is 5.95 Å². The van der Waals surface area contributed by atoms with E-state index in [0.29, 0.717) is 9.85 Å². The van der Waals surface area contributed by atoms with Crippen molar-refractivity contribution in [1.82, 2.24) is 9.97 Å². The molecule has 0 amide bonds. The molecule has 20 heavy (non-hydrogen) atoms. The minimum Gasteiger partial charge on any atom is -0.323 e. The van der Waals surface area contributed by atoms with Crippen LogP contribution in [0.5, 0.6) is 0 Å². The Morgan fingerprint density at radius 3 is 2.65 bits per heavy atom. The Kier molecular flexibility index (Phi) is 3.37. The Labute approximate surface area is 128 Å². The molecule has 9 heteroatoms. The molecule has 104 valence electrons. The Morgan fingerprint density at radius 1 is 1.25 bits per heavy atom. The molecule has 0 fully saturated rings. The van der Waals surface area contributed by atoms with Crippen LogP contribution in [0.2, 0.25) is 8.67 Å². The van der Waals surface area contributed by atoms with Crippen LogP contribution in [0.4, 0.5) is 5.95 Å². The van der Waals surface area contributed by atoms with Crippen LogP contribution in [0.15, 0.2) is 35.2 Å². The van der Waals surface area contributed by atoms with E-state index in [2.05, 4.69) is 14.7 Å². The van der Waals surface area contributed by atoms with E-state index < -0.39 is 10.0 Å². The van der Waals surface area contributed by atoms with Gasteiger partial charge >= 0.3 is 0 Å². The number of sulfonamides is 1. The molecule has 0 spiro atoms. The van der Waals surface area contributed by atoms with Crippen molar-refractivity contribution < 1.29 is 8.42 Å². The summed E-state index contributed by atoms with van der Waals surface area (Å²) in [4.78, 5) is 6.95. The maximum atomic E-state index is 12.2. The van der Waals surface area contributed by atoms with Crippen LogP contribution in [0, 0.1) is 0 Å². The van der Waals surface area contributed by atoms with Crippen molar-refractivity contribution in [2.24, 2.45) is 0 Å². The van der Waals surface area contributed by atoms with Crippen LogP contribution >= 0.6 is 34.5 Å². The highest BCUT2D eigenvalue weighted by molar-refractivity contribution is 7.93. The maximum Gasteiger partial charge on any atom is 0.266 e. The molecule has 2 heterocycles. The zero-order chi connectivity index (χ0) is 14.3. The first-order valence-electron chi connectivity index (χ1n) is 5.38. The van der Waals surface area contributed by atoms with Gasteiger partial charge < -0.3 is 4.98 Å². The van der Waals surface area contributed by atoms with Crippen LogP contribution in [0.1, 0.15) is 0 Å². The highest BCUT2D eigenvalue weighted by Crippen LogP contribution is 2.34. The standard InChI is InChI=1S/C11H7Cl2N3O2S2/c12-9-5-8(10(13)19-9)20(17,18)16-11-14-6-3-1-2-4-7(6)15-11/h1-5H,(H2,14,15,16). The number of nitrogens with one attached hydrogen (secondary N) is 2. The number of aromatic amines is 1. The number of benzene rings is 1. The molecule has 0 saturated carbocycles. The van der Waals surface area contributed by atoms with Gasteiger partial charge in [0.15, 0.2) is 0 Å². The van der Waals surface area contributed by atoms with E-state index in [-0.39, 0.29) is 15.2 Å².